The van der Waals surface area contributed by atoms with Gasteiger partial charge in [-0.25, -0.2) is 0 Å². The highest BCUT2D eigenvalue weighted by atomic mass is 32.2. The summed E-state index contributed by atoms with van der Waals surface area (Å²) in [5, 5.41) is 10.6. The van der Waals surface area contributed by atoms with Gasteiger partial charge < -0.3 is 4.74 Å². The smallest absolute Gasteiger partial charge is 0.290 e. The molecule has 2 aromatic rings. The van der Waals surface area contributed by atoms with Crippen LogP contribution in [0.3, 0.4) is 0 Å². The number of benzene rings is 2. The Bertz CT molecular complexity index is 865. The summed E-state index contributed by atoms with van der Waals surface area (Å²) in [6, 6.07) is 16.8. The normalized spacial score (nSPS) is 15.1. The number of ether oxygens (including phenoxy) is 1. The minimum Gasteiger partial charge on any atom is -0.493 e. The van der Waals surface area contributed by atoms with E-state index in [0.717, 1.165) is 35.1 Å². The first-order valence-corrected chi connectivity index (χ1v) is 8.42. The highest BCUT2D eigenvalue weighted by Gasteiger charge is 2.24. The lowest BCUT2D eigenvalue weighted by molar-refractivity contribution is -0.115. The Hall–Kier alpha value is -3.04. The molecule has 5 nitrogen and oxygen atoms in total. The van der Waals surface area contributed by atoms with E-state index < -0.39 is 0 Å². The predicted molar refractivity (Wildman–Crippen MR) is 95.9 cm³/mol. The second-order valence-corrected chi connectivity index (χ2v) is 6.34. The first-order chi connectivity index (χ1) is 12.1. The van der Waals surface area contributed by atoms with Gasteiger partial charge in [-0.05, 0) is 53.2 Å². The fraction of sp³-hybridized carbons (Fsp3) is 0.105. The molecule has 0 saturated carbocycles. The summed E-state index contributed by atoms with van der Waals surface area (Å²) < 4.78 is 5.71. The van der Waals surface area contributed by atoms with Crippen LogP contribution in [0.25, 0.3) is 6.08 Å². The molecule has 0 spiro atoms. The summed E-state index contributed by atoms with van der Waals surface area (Å²) in [5.41, 5.74) is 2.58. The number of hydrogen-bond donors (Lipinski definition) is 1. The van der Waals surface area contributed by atoms with Gasteiger partial charge in [0.05, 0.1) is 23.1 Å². The van der Waals surface area contributed by atoms with Crippen LogP contribution in [-0.4, -0.2) is 17.8 Å². The monoisotopic (exact) mass is 350 g/mol. The molecule has 0 bridgehead atoms. The summed E-state index contributed by atoms with van der Waals surface area (Å²) >= 11 is 0.897. The molecule has 1 N–H and O–H groups in total. The van der Waals surface area contributed by atoms with E-state index in [9.17, 15) is 9.59 Å². The molecular formula is C19H14N2O3S. The highest BCUT2D eigenvalue weighted by Crippen LogP contribution is 2.26. The Labute approximate surface area is 149 Å². The molecule has 2 amide bonds. The first-order valence-electron chi connectivity index (χ1n) is 7.61. The molecule has 0 unspecified atom stereocenters. The molecular weight excluding hydrogens is 336 g/mol. The van der Waals surface area contributed by atoms with Crippen LogP contribution in [0.1, 0.15) is 16.7 Å². The summed E-state index contributed by atoms with van der Waals surface area (Å²) in [6.45, 7) is 0.527. The topological polar surface area (TPSA) is 79.2 Å². The average Bonchev–Trinajstić information content (AvgIpc) is 2.94. The fourth-order valence-electron chi connectivity index (χ4n) is 2.27. The average molecular weight is 350 g/mol. The maximum absolute atomic E-state index is 11.5. The van der Waals surface area contributed by atoms with E-state index >= 15 is 0 Å². The van der Waals surface area contributed by atoms with Crippen molar-refractivity contribution in [3.05, 3.63) is 70.1 Å². The molecule has 1 fully saturated rings. The Kier molecular flexibility index (Phi) is 5.17. The number of rotatable bonds is 5. The largest absolute Gasteiger partial charge is 0.493 e. The maximum Gasteiger partial charge on any atom is 0.290 e. The third-order valence-electron chi connectivity index (χ3n) is 3.56. The van der Waals surface area contributed by atoms with E-state index in [-0.39, 0.29) is 11.1 Å². The highest BCUT2D eigenvalue weighted by molar-refractivity contribution is 8.18. The van der Waals surface area contributed by atoms with Crippen LogP contribution in [-0.2, 0) is 11.2 Å². The van der Waals surface area contributed by atoms with Crippen molar-refractivity contribution in [1.82, 2.24) is 5.32 Å². The molecule has 1 aliphatic heterocycles. The van der Waals surface area contributed by atoms with Gasteiger partial charge in [-0.1, -0.05) is 24.3 Å². The number of carbonyl (C=O) groups excluding carboxylic acids is 2. The number of thioether (sulfide) groups is 1. The number of nitriles is 1. The lowest BCUT2D eigenvalue weighted by Gasteiger charge is -2.07. The lowest BCUT2D eigenvalue weighted by atomic mass is 10.1. The molecule has 1 saturated heterocycles. The van der Waals surface area contributed by atoms with Gasteiger partial charge in [0.2, 0.25) is 0 Å². The summed E-state index contributed by atoms with van der Waals surface area (Å²) in [7, 11) is 0. The molecule has 3 rings (SSSR count). The summed E-state index contributed by atoms with van der Waals surface area (Å²) in [6.07, 6.45) is 2.42. The van der Waals surface area contributed by atoms with Crippen LogP contribution < -0.4 is 10.1 Å². The molecule has 0 aromatic heterocycles. The van der Waals surface area contributed by atoms with E-state index in [4.69, 9.17) is 10.00 Å². The van der Waals surface area contributed by atoms with E-state index in [1.54, 1.807) is 18.2 Å². The third-order valence-corrected chi connectivity index (χ3v) is 4.37. The Balaban J connectivity index is 1.54. The Morgan fingerprint density at radius 3 is 2.40 bits per heavy atom. The van der Waals surface area contributed by atoms with Crippen molar-refractivity contribution >= 4 is 29.0 Å². The molecule has 25 heavy (non-hydrogen) atoms. The summed E-state index contributed by atoms with van der Waals surface area (Å²) in [4.78, 5) is 23.0. The predicted octanol–water partition coefficient (Wildman–Crippen LogP) is 3.50. The SMILES string of the molecule is N#Cc1ccc(CCOc2ccc(C=C3SC(=O)NC3=O)cc2)cc1. The number of carbonyl (C=O) groups is 2. The van der Waals surface area contributed by atoms with Gasteiger partial charge >= 0.3 is 0 Å². The molecule has 0 radical (unpaired) electrons. The van der Waals surface area contributed by atoms with Crippen LogP contribution in [0.4, 0.5) is 4.79 Å². The molecule has 0 aliphatic carbocycles. The number of amides is 2. The van der Waals surface area contributed by atoms with Gasteiger partial charge in [-0.2, -0.15) is 5.26 Å². The van der Waals surface area contributed by atoms with Crippen molar-refractivity contribution in [2.75, 3.05) is 6.61 Å². The first kappa shape index (κ1) is 16.8. The van der Waals surface area contributed by atoms with E-state index in [2.05, 4.69) is 11.4 Å². The quantitative estimate of drug-likeness (QED) is 0.835. The fourth-order valence-corrected chi connectivity index (χ4v) is 2.95. The van der Waals surface area contributed by atoms with Crippen molar-refractivity contribution < 1.29 is 14.3 Å². The van der Waals surface area contributed by atoms with Gasteiger partial charge in [-0.3, -0.25) is 14.9 Å². The number of nitrogens with one attached hydrogen (secondary N) is 1. The van der Waals surface area contributed by atoms with E-state index in [1.165, 1.54) is 0 Å². The van der Waals surface area contributed by atoms with Gasteiger partial charge in [-0.15, -0.1) is 0 Å². The molecule has 6 heteroatoms. The van der Waals surface area contributed by atoms with Gasteiger partial charge in [0.1, 0.15) is 5.75 Å². The summed E-state index contributed by atoms with van der Waals surface area (Å²) in [5.74, 6) is 0.369. The van der Waals surface area contributed by atoms with Crippen molar-refractivity contribution in [3.63, 3.8) is 0 Å². The standard InChI is InChI=1S/C19H14N2O3S/c20-12-15-3-1-13(2-4-15)9-10-24-16-7-5-14(6-8-16)11-17-18(22)21-19(23)25-17/h1-8,11H,9-10H2,(H,21,22,23). The molecule has 0 atom stereocenters. The van der Waals surface area contributed by atoms with Crippen LogP contribution in [0.2, 0.25) is 0 Å². The van der Waals surface area contributed by atoms with Crippen molar-refractivity contribution in [2.45, 2.75) is 6.42 Å². The molecule has 124 valence electrons. The Morgan fingerprint density at radius 2 is 1.80 bits per heavy atom. The maximum atomic E-state index is 11.5. The van der Waals surface area contributed by atoms with Crippen LogP contribution in [0.5, 0.6) is 5.75 Å². The van der Waals surface area contributed by atoms with Gasteiger partial charge in [0.25, 0.3) is 11.1 Å². The zero-order chi connectivity index (χ0) is 17.6. The van der Waals surface area contributed by atoms with Crippen molar-refractivity contribution in [2.24, 2.45) is 0 Å². The van der Waals surface area contributed by atoms with Crippen LogP contribution in [0, 0.1) is 11.3 Å². The second-order valence-electron chi connectivity index (χ2n) is 5.33. The number of nitrogens with zero attached hydrogens (tertiary/aromatic N) is 1. The van der Waals surface area contributed by atoms with Crippen molar-refractivity contribution in [3.8, 4) is 11.8 Å². The number of hydrogen-bond acceptors (Lipinski definition) is 5. The van der Waals surface area contributed by atoms with Crippen LogP contribution in [0.15, 0.2) is 53.4 Å². The third kappa shape index (κ3) is 4.49. The second kappa shape index (κ2) is 7.69. The van der Waals surface area contributed by atoms with Crippen LogP contribution >= 0.6 is 11.8 Å². The molecule has 1 aliphatic rings. The minimum atomic E-state index is -0.363. The van der Waals surface area contributed by atoms with E-state index in [0.29, 0.717) is 17.1 Å². The molecule has 1 heterocycles. The molecule has 2 aromatic carbocycles. The van der Waals surface area contributed by atoms with E-state index in [1.807, 2.05) is 36.4 Å². The zero-order valence-electron chi connectivity index (χ0n) is 13.2. The Morgan fingerprint density at radius 1 is 1.08 bits per heavy atom. The lowest BCUT2D eigenvalue weighted by Crippen LogP contribution is -2.17. The van der Waals surface area contributed by atoms with Crippen molar-refractivity contribution in [1.29, 1.82) is 5.26 Å². The number of imide groups is 1. The van der Waals surface area contributed by atoms with Gasteiger partial charge in [0.15, 0.2) is 0 Å². The zero-order valence-corrected chi connectivity index (χ0v) is 14.0. The van der Waals surface area contributed by atoms with Gasteiger partial charge in [0, 0.05) is 6.42 Å². The minimum absolute atomic E-state index is 0.348.